The van der Waals surface area contributed by atoms with Crippen molar-refractivity contribution in [1.82, 2.24) is 9.78 Å². The molecule has 2 heterocycles. The molecule has 5 nitrogen and oxygen atoms in total. The Morgan fingerprint density at radius 1 is 1.26 bits per heavy atom. The van der Waals surface area contributed by atoms with Crippen molar-refractivity contribution in [2.75, 3.05) is 24.2 Å². The van der Waals surface area contributed by atoms with Crippen LogP contribution in [0.1, 0.15) is 12.0 Å². The summed E-state index contributed by atoms with van der Waals surface area (Å²) in [6.07, 6.45) is 3.66. The number of nitrogens with zero attached hydrogens (tertiary/aromatic N) is 3. The number of phenolic OH excluding ortho intramolecular Hbond substituents is 1. The fraction of sp³-hybridized carbons (Fsp3) is 0.357. The van der Waals surface area contributed by atoms with Crippen molar-refractivity contribution in [1.29, 1.82) is 0 Å². The third-order valence-electron chi connectivity index (χ3n) is 3.86. The average Bonchev–Trinajstić information content (AvgIpc) is 2.72. The van der Waals surface area contributed by atoms with E-state index in [-0.39, 0.29) is 0 Å². The van der Waals surface area contributed by atoms with Crippen LogP contribution in [0.4, 0.5) is 11.5 Å². The molecule has 3 N–H and O–H groups in total. The second kappa shape index (κ2) is 4.19. The fourth-order valence-electron chi connectivity index (χ4n) is 2.72. The number of rotatable bonds is 1. The monoisotopic (exact) mass is 258 g/mol. The van der Waals surface area contributed by atoms with Crippen LogP contribution < -0.4 is 10.6 Å². The van der Waals surface area contributed by atoms with Crippen LogP contribution in [0.5, 0.6) is 5.75 Å². The number of hydrogen-bond acceptors (Lipinski definition) is 4. The summed E-state index contributed by atoms with van der Waals surface area (Å²) in [6, 6.07) is 3.97. The molecule has 0 aliphatic carbocycles. The number of phenols is 1. The minimum Gasteiger partial charge on any atom is -0.507 e. The lowest BCUT2D eigenvalue weighted by atomic mass is 9.95. The summed E-state index contributed by atoms with van der Waals surface area (Å²) < 4.78 is 1.61. The smallest absolute Gasteiger partial charge is 0.129 e. The summed E-state index contributed by atoms with van der Waals surface area (Å²) in [7, 11) is 3.84. The Balaban J connectivity index is 2.17. The van der Waals surface area contributed by atoms with E-state index >= 15 is 0 Å². The van der Waals surface area contributed by atoms with E-state index in [1.165, 1.54) is 0 Å². The highest BCUT2D eigenvalue weighted by Crippen LogP contribution is 2.41. The Bertz CT molecular complexity index is 633. The van der Waals surface area contributed by atoms with E-state index < -0.39 is 0 Å². The van der Waals surface area contributed by atoms with Crippen molar-refractivity contribution >= 4 is 11.5 Å². The molecule has 0 fully saturated rings. The zero-order chi connectivity index (χ0) is 13.6. The third kappa shape index (κ3) is 1.73. The number of anilines is 2. The van der Waals surface area contributed by atoms with E-state index in [1.54, 1.807) is 17.9 Å². The number of hydrogen-bond donors (Lipinski definition) is 2. The lowest BCUT2D eigenvalue weighted by Gasteiger charge is -2.28. The number of fused-ring (bicyclic) bond motifs is 1. The zero-order valence-electron chi connectivity index (χ0n) is 11.2. The normalized spacial score (nSPS) is 14.5. The van der Waals surface area contributed by atoms with Gasteiger partial charge in [-0.2, -0.15) is 5.10 Å². The number of nitrogen functional groups attached to an aromatic ring is 1. The van der Waals surface area contributed by atoms with Gasteiger partial charge in [-0.3, -0.25) is 4.68 Å². The van der Waals surface area contributed by atoms with E-state index in [0.29, 0.717) is 11.6 Å². The first kappa shape index (κ1) is 11.9. The van der Waals surface area contributed by atoms with Crippen LogP contribution in [0, 0.1) is 0 Å². The van der Waals surface area contributed by atoms with Gasteiger partial charge in [-0.25, -0.2) is 0 Å². The minimum atomic E-state index is 0.337. The lowest BCUT2D eigenvalue weighted by molar-refractivity contribution is 0.467. The predicted octanol–water partition coefficient (Wildman–Crippen LogP) is 1.76. The summed E-state index contributed by atoms with van der Waals surface area (Å²) >= 11 is 0. The molecule has 0 radical (unpaired) electrons. The van der Waals surface area contributed by atoms with E-state index in [2.05, 4.69) is 23.1 Å². The standard InChI is InChI=1S/C14H18N4O/c1-17-7-3-4-10-12(17)6-5-9(13(10)19)11-8-16-18(2)14(11)15/h5-6,8,19H,3-4,7,15H2,1-2H3. The van der Waals surface area contributed by atoms with Crippen molar-refractivity contribution in [2.45, 2.75) is 12.8 Å². The Labute approximate surface area is 112 Å². The quantitative estimate of drug-likeness (QED) is 0.818. The largest absolute Gasteiger partial charge is 0.507 e. The Morgan fingerprint density at radius 2 is 2.05 bits per heavy atom. The van der Waals surface area contributed by atoms with Crippen LogP contribution in [0.2, 0.25) is 0 Å². The Hall–Kier alpha value is -2.17. The van der Waals surface area contributed by atoms with Gasteiger partial charge in [-0.1, -0.05) is 0 Å². The molecule has 0 atom stereocenters. The SMILES string of the molecule is CN1CCCc2c1ccc(-c1cnn(C)c1N)c2O. The van der Waals surface area contributed by atoms with Crippen LogP contribution >= 0.6 is 0 Å². The second-order valence-corrected chi connectivity index (χ2v) is 5.05. The van der Waals surface area contributed by atoms with E-state index in [9.17, 15) is 5.11 Å². The second-order valence-electron chi connectivity index (χ2n) is 5.05. The molecule has 0 spiro atoms. The minimum absolute atomic E-state index is 0.337. The molecule has 1 aromatic heterocycles. The maximum atomic E-state index is 10.5. The number of aromatic hydroxyl groups is 1. The average molecular weight is 258 g/mol. The molecule has 2 aromatic rings. The number of aryl methyl sites for hydroxylation is 1. The maximum Gasteiger partial charge on any atom is 0.129 e. The van der Waals surface area contributed by atoms with E-state index in [1.807, 2.05) is 6.07 Å². The van der Waals surface area contributed by atoms with E-state index in [0.717, 1.165) is 41.8 Å². The Kier molecular flexibility index (Phi) is 2.62. The van der Waals surface area contributed by atoms with Crippen molar-refractivity contribution < 1.29 is 5.11 Å². The number of nitrogens with two attached hydrogens (primary N) is 1. The van der Waals surface area contributed by atoms with Gasteiger partial charge in [0.1, 0.15) is 11.6 Å². The molecule has 5 heteroatoms. The first-order valence-corrected chi connectivity index (χ1v) is 6.43. The fourth-order valence-corrected chi connectivity index (χ4v) is 2.72. The van der Waals surface area contributed by atoms with Gasteiger partial charge in [-0.15, -0.1) is 0 Å². The van der Waals surface area contributed by atoms with Crippen LogP contribution in [0.3, 0.4) is 0 Å². The molecule has 0 bridgehead atoms. The lowest BCUT2D eigenvalue weighted by Crippen LogP contribution is -2.24. The van der Waals surface area contributed by atoms with Crippen molar-refractivity contribution in [3.63, 3.8) is 0 Å². The third-order valence-corrected chi connectivity index (χ3v) is 3.86. The zero-order valence-corrected chi connectivity index (χ0v) is 11.2. The maximum absolute atomic E-state index is 10.5. The summed E-state index contributed by atoms with van der Waals surface area (Å²) in [5.74, 6) is 0.906. The van der Waals surface area contributed by atoms with Gasteiger partial charge in [0.25, 0.3) is 0 Å². The van der Waals surface area contributed by atoms with Gasteiger partial charge in [0.05, 0.1) is 6.20 Å². The van der Waals surface area contributed by atoms with Crippen molar-refractivity contribution in [2.24, 2.45) is 7.05 Å². The molecule has 0 saturated carbocycles. The molecule has 0 amide bonds. The van der Waals surface area contributed by atoms with Gasteiger partial charge in [0.15, 0.2) is 0 Å². The van der Waals surface area contributed by atoms with Crippen LogP contribution in [0.15, 0.2) is 18.3 Å². The summed E-state index contributed by atoms with van der Waals surface area (Å²) in [5, 5.41) is 14.7. The topological polar surface area (TPSA) is 67.3 Å². The van der Waals surface area contributed by atoms with Gasteiger partial charge in [0, 0.05) is 43.0 Å². The summed E-state index contributed by atoms with van der Waals surface area (Å²) in [6.45, 7) is 1.03. The van der Waals surface area contributed by atoms with Crippen molar-refractivity contribution in [3.05, 3.63) is 23.9 Å². The number of benzene rings is 1. The highest BCUT2D eigenvalue weighted by atomic mass is 16.3. The first-order chi connectivity index (χ1) is 9.09. The van der Waals surface area contributed by atoms with Crippen LogP contribution in [-0.4, -0.2) is 28.5 Å². The molecule has 1 aliphatic rings. The van der Waals surface area contributed by atoms with Crippen LogP contribution in [-0.2, 0) is 13.5 Å². The van der Waals surface area contributed by atoms with Gasteiger partial charge < -0.3 is 15.7 Å². The highest BCUT2D eigenvalue weighted by Gasteiger charge is 2.21. The predicted molar refractivity (Wildman–Crippen MR) is 76.3 cm³/mol. The molecule has 0 unspecified atom stereocenters. The molecular weight excluding hydrogens is 240 g/mol. The van der Waals surface area contributed by atoms with Gasteiger partial charge in [0.2, 0.25) is 0 Å². The Morgan fingerprint density at radius 3 is 2.74 bits per heavy atom. The van der Waals surface area contributed by atoms with E-state index in [4.69, 9.17) is 5.73 Å². The van der Waals surface area contributed by atoms with Crippen LogP contribution in [0.25, 0.3) is 11.1 Å². The molecule has 3 rings (SSSR count). The molecule has 0 saturated heterocycles. The molecule has 1 aromatic carbocycles. The highest BCUT2D eigenvalue weighted by molar-refractivity contribution is 5.82. The first-order valence-electron chi connectivity index (χ1n) is 6.43. The molecular formula is C14H18N4O. The van der Waals surface area contributed by atoms with Crippen molar-refractivity contribution in [3.8, 4) is 16.9 Å². The van der Waals surface area contributed by atoms with Gasteiger partial charge in [-0.05, 0) is 25.0 Å². The molecule has 1 aliphatic heterocycles. The summed E-state index contributed by atoms with van der Waals surface area (Å²) in [5.41, 5.74) is 9.65. The van der Waals surface area contributed by atoms with Gasteiger partial charge >= 0.3 is 0 Å². The summed E-state index contributed by atoms with van der Waals surface area (Å²) in [4.78, 5) is 2.18. The molecule has 100 valence electrons. The molecule has 19 heavy (non-hydrogen) atoms. The number of aromatic nitrogens is 2.